The molecule has 10 heteroatoms. The highest BCUT2D eigenvalue weighted by Gasteiger charge is 2.20. The van der Waals surface area contributed by atoms with Crippen LogP contribution < -0.4 is 5.69 Å². The topological polar surface area (TPSA) is 105 Å². The Balaban J connectivity index is 1.72. The summed E-state index contributed by atoms with van der Waals surface area (Å²) in [6.07, 6.45) is 2.56. The molecule has 144 valence electrons. The Bertz CT molecular complexity index is 1450. The summed E-state index contributed by atoms with van der Waals surface area (Å²) in [5, 5.41) is 7.26. The van der Waals surface area contributed by atoms with E-state index in [4.69, 9.17) is 0 Å². The molecule has 2 N–H and O–H groups in total. The summed E-state index contributed by atoms with van der Waals surface area (Å²) in [6.45, 7) is 0. The van der Waals surface area contributed by atoms with E-state index in [2.05, 4.69) is 30.1 Å². The molecule has 0 saturated heterocycles. The number of benzene rings is 1. The number of hydrogen-bond donors (Lipinski definition) is 2. The number of aromatic amines is 2. The number of nitrogens with one attached hydrogen (secondary N) is 2. The van der Waals surface area contributed by atoms with Crippen molar-refractivity contribution in [1.29, 1.82) is 0 Å². The highest BCUT2D eigenvalue weighted by Crippen LogP contribution is 2.30. The van der Waals surface area contributed by atoms with Crippen molar-refractivity contribution in [3.8, 4) is 11.5 Å². The van der Waals surface area contributed by atoms with Gasteiger partial charge in [-0.3, -0.25) is 14.6 Å². The second-order valence-corrected chi connectivity index (χ2v) is 6.57. The van der Waals surface area contributed by atoms with Gasteiger partial charge in [-0.2, -0.15) is 5.10 Å². The zero-order valence-corrected chi connectivity index (χ0v) is 15.1. The van der Waals surface area contributed by atoms with Gasteiger partial charge in [-0.1, -0.05) is 18.2 Å². The Hall–Kier alpha value is -3.95. The lowest BCUT2D eigenvalue weighted by Crippen LogP contribution is -2.11. The van der Waals surface area contributed by atoms with E-state index in [-0.39, 0.29) is 29.1 Å². The number of H-pyrrole nitrogens is 2. The maximum absolute atomic E-state index is 14.7. The molecular formula is C19H13F2N7O. The Labute approximate surface area is 161 Å². The van der Waals surface area contributed by atoms with Crippen LogP contribution in [-0.2, 0) is 13.5 Å². The van der Waals surface area contributed by atoms with Crippen molar-refractivity contribution in [2.75, 3.05) is 0 Å². The van der Waals surface area contributed by atoms with Crippen molar-refractivity contribution in [3.05, 3.63) is 69.9 Å². The maximum atomic E-state index is 14.7. The molecule has 29 heavy (non-hydrogen) atoms. The van der Waals surface area contributed by atoms with Crippen LogP contribution >= 0.6 is 0 Å². The number of nitrogens with zero attached hydrogens (tertiary/aromatic N) is 5. The lowest BCUT2D eigenvalue weighted by molar-refractivity contribution is 0.598. The van der Waals surface area contributed by atoms with E-state index in [9.17, 15) is 13.6 Å². The largest absolute Gasteiger partial charge is 0.327 e. The molecule has 0 aliphatic rings. The van der Waals surface area contributed by atoms with Gasteiger partial charge in [0.15, 0.2) is 17.1 Å². The summed E-state index contributed by atoms with van der Waals surface area (Å²) in [6, 6.07) is 6.18. The van der Waals surface area contributed by atoms with Gasteiger partial charge in [0.1, 0.15) is 22.8 Å². The van der Waals surface area contributed by atoms with Crippen molar-refractivity contribution in [2.24, 2.45) is 7.05 Å². The first-order valence-corrected chi connectivity index (χ1v) is 8.70. The second-order valence-electron chi connectivity index (χ2n) is 6.57. The Morgan fingerprint density at radius 3 is 2.76 bits per heavy atom. The molecule has 0 bridgehead atoms. The highest BCUT2D eigenvalue weighted by molar-refractivity contribution is 5.92. The highest BCUT2D eigenvalue weighted by atomic mass is 19.1. The van der Waals surface area contributed by atoms with E-state index in [1.54, 1.807) is 25.2 Å². The molecule has 0 unspecified atom stereocenters. The minimum Gasteiger partial charge on any atom is -0.292 e. The molecule has 5 aromatic rings. The van der Waals surface area contributed by atoms with Gasteiger partial charge in [0, 0.05) is 19.0 Å². The SMILES string of the molecule is Cn1c(=O)[nH]c2nc(-c3[nH]nc4ncc(F)c(Cc5ccccc5F)c34)ncc21. The van der Waals surface area contributed by atoms with Gasteiger partial charge in [-0.25, -0.2) is 28.5 Å². The Morgan fingerprint density at radius 1 is 1.10 bits per heavy atom. The molecule has 0 fully saturated rings. The minimum absolute atomic E-state index is 0.00841. The quantitative estimate of drug-likeness (QED) is 0.490. The number of aromatic nitrogens is 7. The number of pyridine rings is 1. The number of rotatable bonds is 3. The van der Waals surface area contributed by atoms with Crippen LogP contribution in [0.25, 0.3) is 33.7 Å². The van der Waals surface area contributed by atoms with E-state index in [1.807, 2.05) is 0 Å². The van der Waals surface area contributed by atoms with Crippen LogP contribution in [0, 0.1) is 11.6 Å². The summed E-state index contributed by atoms with van der Waals surface area (Å²) in [7, 11) is 1.60. The van der Waals surface area contributed by atoms with Gasteiger partial charge in [-0.05, 0) is 11.6 Å². The first-order chi connectivity index (χ1) is 14.0. The monoisotopic (exact) mass is 393 g/mol. The standard InChI is InChI=1S/C19H13F2N7O/c1-28-13-8-23-18(24-16(13)25-19(28)29)15-14-10(6-9-4-2-3-5-11(9)20)12(21)7-22-17(14)27-26-15/h2-5,7-8H,6H2,1H3,(H,22,26,27)(H,23,24,25,29). The van der Waals surface area contributed by atoms with E-state index >= 15 is 0 Å². The molecule has 0 aliphatic heterocycles. The van der Waals surface area contributed by atoms with Crippen molar-refractivity contribution in [1.82, 2.24) is 34.7 Å². The molecule has 0 saturated carbocycles. The normalized spacial score (nSPS) is 11.6. The van der Waals surface area contributed by atoms with E-state index in [0.717, 1.165) is 6.20 Å². The van der Waals surface area contributed by atoms with Crippen molar-refractivity contribution >= 4 is 22.2 Å². The van der Waals surface area contributed by atoms with Crippen molar-refractivity contribution in [2.45, 2.75) is 6.42 Å². The van der Waals surface area contributed by atoms with Gasteiger partial charge in [0.2, 0.25) is 0 Å². The molecule has 0 radical (unpaired) electrons. The molecule has 4 aromatic heterocycles. The summed E-state index contributed by atoms with van der Waals surface area (Å²) < 4.78 is 30.2. The number of aryl methyl sites for hydroxylation is 1. The number of fused-ring (bicyclic) bond motifs is 2. The third-order valence-electron chi connectivity index (χ3n) is 4.85. The summed E-state index contributed by atoms with van der Waals surface area (Å²) in [4.78, 5) is 27.1. The smallest absolute Gasteiger partial charge is 0.292 e. The van der Waals surface area contributed by atoms with Crippen LogP contribution in [0.15, 0.2) is 41.5 Å². The Kier molecular flexibility index (Phi) is 3.73. The van der Waals surface area contributed by atoms with E-state index < -0.39 is 11.6 Å². The molecule has 0 spiro atoms. The van der Waals surface area contributed by atoms with Crippen LogP contribution in [0.3, 0.4) is 0 Å². The third-order valence-corrected chi connectivity index (χ3v) is 4.85. The zero-order valence-electron chi connectivity index (χ0n) is 15.1. The number of halogens is 2. The zero-order chi connectivity index (χ0) is 20.1. The molecule has 4 heterocycles. The minimum atomic E-state index is -0.586. The van der Waals surface area contributed by atoms with Crippen LogP contribution in [0.5, 0.6) is 0 Å². The lowest BCUT2D eigenvalue weighted by Gasteiger charge is -2.07. The van der Waals surface area contributed by atoms with E-state index in [1.165, 1.54) is 16.8 Å². The van der Waals surface area contributed by atoms with Crippen LogP contribution in [0.1, 0.15) is 11.1 Å². The predicted octanol–water partition coefficient (Wildman–Crippen LogP) is 2.46. The molecular weight excluding hydrogens is 380 g/mol. The molecule has 0 amide bonds. The van der Waals surface area contributed by atoms with Gasteiger partial charge in [-0.15, -0.1) is 0 Å². The van der Waals surface area contributed by atoms with Crippen LogP contribution in [0.2, 0.25) is 0 Å². The second kappa shape index (κ2) is 6.30. The average Bonchev–Trinajstić information content (AvgIpc) is 3.26. The number of imidazole rings is 1. The fourth-order valence-corrected chi connectivity index (χ4v) is 3.32. The Morgan fingerprint density at radius 2 is 1.93 bits per heavy atom. The van der Waals surface area contributed by atoms with Crippen LogP contribution in [0.4, 0.5) is 8.78 Å². The summed E-state index contributed by atoms with van der Waals surface area (Å²) in [5.41, 5.74) is 1.71. The van der Waals surface area contributed by atoms with E-state index in [0.29, 0.717) is 27.8 Å². The summed E-state index contributed by atoms with van der Waals surface area (Å²) >= 11 is 0. The number of hydrogen-bond acceptors (Lipinski definition) is 5. The first-order valence-electron chi connectivity index (χ1n) is 8.70. The maximum Gasteiger partial charge on any atom is 0.327 e. The van der Waals surface area contributed by atoms with Gasteiger partial charge in [0.25, 0.3) is 0 Å². The van der Waals surface area contributed by atoms with Gasteiger partial charge >= 0.3 is 5.69 Å². The molecule has 0 atom stereocenters. The fraction of sp³-hybridized carbons (Fsp3) is 0.105. The van der Waals surface area contributed by atoms with Crippen molar-refractivity contribution in [3.63, 3.8) is 0 Å². The first kappa shape index (κ1) is 17.2. The molecule has 0 aliphatic carbocycles. The average molecular weight is 393 g/mol. The third kappa shape index (κ3) is 2.68. The summed E-state index contributed by atoms with van der Waals surface area (Å²) in [5.74, 6) is -0.803. The predicted molar refractivity (Wildman–Crippen MR) is 101 cm³/mol. The fourth-order valence-electron chi connectivity index (χ4n) is 3.32. The van der Waals surface area contributed by atoms with Gasteiger partial charge < -0.3 is 0 Å². The molecule has 5 rings (SSSR count). The van der Waals surface area contributed by atoms with Crippen molar-refractivity contribution < 1.29 is 8.78 Å². The lowest BCUT2D eigenvalue weighted by atomic mass is 10.0. The molecule has 8 nitrogen and oxygen atoms in total. The molecule has 1 aromatic carbocycles. The van der Waals surface area contributed by atoms with Crippen LogP contribution in [-0.4, -0.2) is 34.7 Å². The van der Waals surface area contributed by atoms with Gasteiger partial charge in [0.05, 0.1) is 17.8 Å².